The highest BCUT2D eigenvalue weighted by Gasteiger charge is 2.25. The van der Waals surface area contributed by atoms with Crippen molar-refractivity contribution >= 4 is 5.96 Å². The first-order valence-electron chi connectivity index (χ1n) is 10.4. The first-order chi connectivity index (χ1) is 13.7. The Hall–Kier alpha value is -2.50. The van der Waals surface area contributed by atoms with Gasteiger partial charge in [-0.15, -0.1) is 0 Å². The van der Waals surface area contributed by atoms with Gasteiger partial charge in [-0.3, -0.25) is 4.68 Å². The van der Waals surface area contributed by atoms with Gasteiger partial charge < -0.3 is 15.0 Å². The lowest BCUT2D eigenvalue weighted by molar-refractivity contribution is 0.205. The highest BCUT2D eigenvalue weighted by atomic mass is 16.5. The van der Waals surface area contributed by atoms with Gasteiger partial charge in [0.2, 0.25) is 0 Å². The smallest absolute Gasteiger partial charge is 0.194 e. The molecule has 152 valence electrons. The third kappa shape index (κ3) is 5.75. The van der Waals surface area contributed by atoms with Gasteiger partial charge in [-0.2, -0.15) is 5.10 Å². The van der Waals surface area contributed by atoms with Crippen molar-refractivity contribution in [3.05, 3.63) is 48.3 Å². The second-order valence-corrected chi connectivity index (χ2v) is 7.48. The normalized spacial score (nSPS) is 18.3. The van der Waals surface area contributed by atoms with E-state index in [9.17, 15) is 0 Å². The molecule has 1 N–H and O–H groups in total. The SMILES string of the molecule is CCNC(=NCC(CC)Oc1ccccc1)N1CCC(Cc2cnn(C)c2)C1. The lowest BCUT2D eigenvalue weighted by Crippen LogP contribution is -2.41. The van der Waals surface area contributed by atoms with Gasteiger partial charge in [0, 0.05) is 32.9 Å². The van der Waals surface area contributed by atoms with Crippen LogP contribution < -0.4 is 10.1 Å². The van der Waals surface area contributed by atoms with Gasteiger partial charge in [0.25, 0.3) is 0 Å². The highest BCUT2D eigenvalue weighted by Crippen LogP contribution is 2.21. The molecule has 0 saturated carbocycles. The molecule has 3 rings (SSSR count). The maximum absolute atomic E-state index is 6.09. The van der Waals surface area contributed by atoms with E-state index in [2.05, 4.69) is 35.4 Å². The van der Waals surface area contributed by atoms with E-state index >= 15 is 0 Å². The van der Waals surface area contributed by atoms with Gasteiger partial charge in [-0.05, 0) is 49.8 Å². The number of nitrogens with one attached hydrogen (secondary N) is 1. The molecule has 2 aromatic rings. The van der Waals surface area contributed by atoms with Crippen LogP contribution in [0.2, 0.25) is 0 Å². The third-order valence-electron chi connectivity index (χ3n) is 5.15. The Morgan fingerprint density at radius 1 is 1.32 bits per heavy atom. The Labute approximate surface area is 168 Å². The molecule has 0 aliphatic carbocycles. The molecular formula is C22H33N5O. The number of ether oxygens (including phenoxy) is 1. The molecule has 0 bridgehead atoms. The first-order valence-corrected chi connectivity index (χ1v) is 10.4. The molecule has 2 unspecified atom stereocenters. The number of para-hydroxylation sites is 1. The zero-order valence-electron chi connectivity index (χ0n) is 17.3. The standard InChI is InChI=1S/C22H33N5O/c1-4-20(28-21-9-7-6-8-10-21)15-24-22(23-5-2)27-12-11-18(17-27)13-19-14-25-26(3)16-19/h6-10,14,16,18,20H,4-5,11-13,15,17H2,1-3H3,(H,23,24). The van der Waals surface area contributed by atoms with Crippen molar-refractivity contribution in [1.29, 1.82) is 0 Å². The second-order valence-electron chi connectivity index (χ2n) is 7.48. The number of aliphatic imine (C=N–C) groups is 1. The van der Waals surface area contributed by atoms with Crippen LogP contribution in [0.1, 0.15) is 32.3 Å². The van der Waals surface area contributed by atoms with Crippen molar-refractivity contribution in [2.45, 2.75) is 39.2 Å². The molecule has 0 spiro atoms. The van der Waals surface area contributed by atoms with Crippen LogP contribution in [-0.2, 0) is 13.5 Å². The summed E-state index contributed by atoms with van der Waals surface area (Å²) in [7, 11) is 1.97. The molecule has 6 nitrogen and oxygen atoms in total. The van der Waals surface area contributed by atoms with Crippen LogP contribution >= 0.6 is 0 Å². The molecule has 28 heavy (non-hydrogen) atoms. The van der Waals surface area contributed by atoms with Crippen molar-refractivity contribution in [3.8, 4) is 5.75 Å². The summed E-state index contributed by atoms with van der Waals surface area (Å²) in [6.45, 7) is 7.90. The van der Waals surface area contributed by atoms with Gasteiger partial charge in [0.1, 0.15) is 11.9 Å². The minimum absolute atomic E-state index is 0.0878. The van der Waals surface area contributed by atoms with Gasteiger partial charge in [0.15, 0.2) is 5.96 Å². The average Bonchev–Trinajstić information content (AvgIpc) is 3.34. The Kier molecular flexibility index (Phi) is 7.34. The summed E-state index contributed by atoms with van der Waals surface area (Å²) >= 11 is 0. The molecule has 2 atom stereocenters. The number of benzene rings is 1. The molecule has 0 radical (unpaired) electrons. The number of guanidine groups is 1. The Bertz CT molecular complexity index is 742. The number of hydrogen-bond acceptors (Lipinski definition) is 3. The number of aryl methyl sites for hydroxylation is 1. The van der Waals surface area contributed by atoms with E-state index in [0.29, 0.717) is 12.5 Å². The number of hydrogen-bond donors (Lipinski definition) is 1. The lowest BCUT2D eigenvalue weighted by Gasteiger charge is -2.23. The minimum atomic E-state index is 0.0878. The van der Waals surface area contributed by atoms with E-state index in [1.807, 2.05) is 48.3 Å². The molecule has 0 amide bonds. The topological polar surface area (TPSA) is 54.7 Å². The predicted octanol–water partition coefficient (Wildman–Crippen LogP) is 3.11. The van der Waals surface area contributed by atoms with Crippen LogP contribution in [0, 0.1) is 5.92 Å². The molecule has 1 saturated heterocycles. The molecule has 1 fully saturated rings. The summed E-state index contributed by atoms with van der Waals surface area (Å²) in [5, 5.41) is 7.75. The largest absolute Gasteiger partial charge is 0.489 e. The van der Waals surface area contributed by atoms with Crippen molar-refractivity contribution in [2.24, 2.45) is 18.0 Å². The van der Waals surface area contributed by atoms with Crippen molar-refractivity contribution in [2.75, 3.05) is 26.2 Å². The van der Waals surface area contributed by atoms with E-state index < -0.39 is 0 Å². The van der Waals surface area contributed by atoms with E-state index in [4.69, 9.17) is 9.73 Å². The molecule has 1 aliphatic heterocycles. The van der Waals surface area contributed by atoms with Crippen molar-refractivity contribution in [1.82, 2.24) is 20.0 Å². The van der Waals surface area contributed by atoms with Crippen LogP contribution in [0.3, 0.4) is 0 Å². The van der Waals surface area contributed by atoms with Crippen LogP contribution in [0.15, 0.2) is 47.7 Å². The van der Waals surface area contributed by atoms with Crippen LogP contribution in [0.25, 0.3) is 0 Å². The monoisotopic (exact) mass is 383 g/mol. The lowest BCUT2D eigenvalue weighted by atomic mass is 10.0. The Morgan fingerprint density at radius 2 is 2.14 bits per heavy atom. The van der Waals surface area contributed by atoms with Gasteiger partial charge in [-0.1, -0.05) is 25.1 Å². The van der Waals surface area contributed by atoms with E-state index in [0.717, 1.165) is 44.2 Å². The summed E-state index contributed by atoms with van der Waals surface area (Å²) in [6.07, 6.45) is 7.39. The first kappa shape index (κ1) is 20.2. The fraction of sp³-hybridized carbons (Fsp3) is 0.545. The summed E-state index contributed by atoms with van der Waals surface area (Å²) in [5.41, 5.74) is 1.32. The Morgan fingerprint density at radius 3 is 2.82 bits per heavy atom. The molecule has 6 heteroatoms. The van der Waals surface area contributed by atoms with E-state index in [1.165, 1.54) is 12.0 Å². The van der Waals surface area contributed by atoms with Gasteiger partial charge >= 0.3 is 0 Å². The number of likely N-dealkylation sites (tertiary alicyclic amines) is 1. The summed E-state index contributed by atoms with van der Waals surface area (Å²) < 4.78 is 7.97. The summed E-state index contributed by atoms with van der Waals surface area (Å²) in [6, 6.07) is 10.0. The number of aromatic nitrogens is 2. The molecule has 1 aromatic heterocycles. The maximum Gasteiger partial charge on any atom is 0.194 e. The zero-order chi connectivity index (χ0) is 19.8. The quantitative estimate of drug-likeness (QED) is 0.562. The van der Waals surface area contributed by atoms with Crippen LogP contribution in [0.5, 0.6) is 5.75 Å². The summed E-state index contributed by atoms with van der Waals surface area (Å²) in [4.78, 5) is 7.29. The van der Waals surface area contributed by atoms with Crippen LogP contribution in [0.4, 0.5) is 0 Å². The molecular weight excluding hydrogens is 350 g/mol. The van der Waals surface area contributed by atoms with E-state index in [-0.39, 0.29) is 6.10 Å². The predicted molar refractivity (Wildman–Crippen MR) is 114 cm³/mol. The minimum Gasteiger partial charge on any atom is -0.489 e. The van der Waals surface area contributed by atoms with E-state index in [1.54, 1.807) is 0 Å². The van der Waals surface area contributed by atoms with Crippen LogP contribution in [-0.4, -0.2) is 52.9 Å². The molecule has 1 aromatic carbocycles. The maximum atomic E-state index is 6.09. The van der Waals surface area contributed by atoms with Crippen molar-refractivity contribution in [3.63, 3.8) is 0 Å². The second kappa shape index (κ2) is 10.2. The van der Waals surface area contributed by atoms with Crippen molar-refractivity contribution < 1.29 is 4.74 Å². The third-order valence-corrected chi connectivity index (χ3v) is 5.15. The number of nitrogens with zero attached hydrogens (tertiary/aromatic N) is 4. The fourth-order valence-electron chi connectivity index (χ4n) is 3.66. The van der Waals surface area contributed by atoms with Gasteiger partial charge in [-0.25, -0.2) is 4.99 Å². The fourth-order valence-corrected chi connectivity index (χ4v) is 3.66. The number of rotatable bonds is 8. The average molecular weight is 384 g/mol. The molecule has 1 aliphatic rings. The molecule has 2 heterocycles. The Balaban J connectivity index is 1.57. The zero-order valence-corrected chi connectivity index (χ0v) is 17.3. The highest BCUT2D eigenvalue weighted by molar-refractivity contribution is 5.80. The van der Waals surface area contributed by atoms with Gasteiger partial charge in [0.05, 0.1) is 12.7 Å². The summed E-state index contributed by atoms with van der Waals surface area (Å²) in [5.74, 6) is 2.56.